The number of carboxylic acid groups (broad SMARTS) is 1. The van der Waals surface area contributed by atoms with Crippen molar-refractivity contribution in [2.24, 2.45) is 0 Å². The second-order valence-electron chi connectivity index (χ2n) is 32.9. The number of amides is 5. The maximum Gasteiger partial charge on any atom is 0.364 e. The third kappa shape index (κ3) is 25.2. The van der Waals surface area contributed by atoms with Gasteiger partial charge in [-0.15, -0.1) is 0 Å². The first-order valence-electron chi connectivity index (χ1n) is 41.5. The van der Waals surface area contributed by atoms with E-state index in [0.29, 0.717) is 0 Å². The van der Waals surface area contributed by atoms with E-state index < -0.39 is 414 Å². The number of aliphatic hydroxyl groups is 28. The van der Waals surface area contributed by atoms with Gasteiger partial charge in [0, 0.05) is 41.0 Å². The van der Waals surface area contributed by atoms with Crippen LogP contribution in [0.3, 0.4) is 0 Å². The van der Waals surface area contributed by atoms with E-state index in [9.17, 15) is 177 Å². The van der Waals surface area contributed by atoms with Gasteiger partial charge in [-0.3, -0.25) is 24.0 Å². The van der Waals surface area contributed by atoms with E-state index in [1.165, 1.54) is 6.92 Å². The second-order valence-corrected chi connectivity index (χ2v) is 32.9. The van der Waals surface area contributed by atoms with Gasteiger partial charge >= 0.3 is 5.97 Å². The van der Waals surface area contributed by atoms with Crippen LogP contribution in [0.5, 0.6) is 0 Å². The van der Waals surface area contributed by atoms with Crippen LogP contribution in [0.1, 0.15) is 48.0 Å². The minimum Gasteiger partial charge on any atom is -0.477 e. The third-order valence-corrected chi connectivity index (χ3v) is 23.4. The molecule has 0 aromatic rings. The van der Waals surface area contributed by atoms with Crippen LogP contribution in [0.2, 0.25) is 0 Å². The van der Waals surface area contributed by atoms with Crippen LogP contribution < -0.4 is 26.6 Å². The Kier molecular flexibility index (Phi) is 40.2. The van der Waals surface area contributed by atoms with E-state index in [1.807, 2.05) is 0 Å². The molecule has 9 heterocycles. The van der Waals surface area contributed by atoms with Crippen molar-refractivity contribution >= 4 is 35.5 Å². The molecule has 0 aromatic carbocycles. The number of aliphatic hydroxyl groups excluding tert-OH is 28. The lowest BCUT2D eigenvalue weighted by atomic mass is 9.88. The van der Waals surface area contributed by atoms with Crippen molar-refractivity contribution in [3.63, 3.8) is 0 Å². The highest BCUT2D eigenvalue weighted by molar-refractivity contribution is 5.77. The fraction of sp³-hybridized carbons (Fsp3) is 0.918. The van der Waals surface area contributed by atoms with Gasteiger partial charge in [0.15, 0.2) is 50.3 Å². The standard InChI is InChI=1S/C73H123N5O53/c1-18-39(95)50(106)53(109)67(116-18)114-16-27(94)56(40(96)24(8-79)74-19(2)87)124-65-37(77-22(5)90)48(104)57(32(14-85)121-65)125-68-54(110)60(46(102)34(123-68)17-115-70-62(51(107)43(99)29(11-82)119-70)128-64-36(76-21(4)89)47(103)42(98)28(10-81)117-64)127-71-63(52(108)44(100)30(12-83)120-71)129-66-38(78-23(6)91)49(105)58(33(15-86)122-66)126-69-55(111)61(45(101)31(13-84)118-69)131-73(72(112)113)7-25(92)35(75-20(3)88)59(130-73)41(97)26(93)9-80/h18,24-71,79-86,92-111H,7-17H2,1-6H3,(H,74,87)(H,75,88)(H,76,89)(H,77,90)(H,78,91)(H,112,113)/t18-,24-,25-,26+,27+,28+,29+,30+,31+,32+,33+,34+,35+,36+,37+,38+,39+,40+,41+,42+,43+,44+,45-,46+,47+,48+,49+,50+,51-,52-,53-,54-,55+,56+,57+,58+,59+,60-,61-,62-,63-,64-,65-,66-,67+,68-,69-,70-,71+,73-/m0/s1. The molecule has 0 radical (unpaired) electrons. The van der Waals surface area contributed by atoms with E-state index in [4.69, 9.17) is 85.3 Å². The maximum absolute atomic E-state index is 13.3. The summed E-state index contributed by atoms with van der Waals surface area (Å²) in [5.74, 6) is -10.3. The van der Waals surface area contributed by atoms with Gasteiger partial charge in [-0.05, 0) is 6.92 Å². The fourth-order valence-electron chi connectivity index (χ4n) is 16.5. The number of rotatable bonds is 39. The average Bonchev–Trinajstić information content (AvgIpc) is 0.747. The van der Waals surface area contributed by atoms with E-state index in [-0.39, 0.29) is 0 Å². The molecule has 0 spiro atoms. The van der Waals surface area contributed by atoms with Gasteiger partial charge < -0.3 is 260 Å². The Morgan fingerprint density at radius 2 is 0.771 bits per heavy atom. The lowest BCUT2D eigenvalue weighted by molar-refractivity contribution is -0.400. The number of ether oxygens (including phenoxy) is 18. The van der Waals surface area contributed by atoms with Gasteiger partial charge in [0.1, 0.15) is 226 Å². The molecule has 0 aromatic heterocycles. The first kappa shape index (κ1) is 110. The molecule has 9 rings (SSSR count). The second kappa shape index (κ2) is 48.0. The summed E-state index contributed by atoms with van der Waals surface area (Å²) in [4.78, 5) is 77.0. The summed E-state index contributed by atoms with van der Waals surface area (Å²) in [7, 11) is 0. The lowest BCUT2D eigenvalue weighted by Crippen LogP contribution is -2.71. The Balaban J connectivity index is 1.06. The maximum atomic E-state index is 13.3. The molecule has 131 heavy (non-hydrogen) atoms. The van der Waals surface area contributed by atoms with Crippen LogP contribution in [-0.2, 0) is 114 Å². The largest absolute Gasteiger partial charge is 0.477 e. The molecule has 9 aliphatic heterocycles. The number of hydrogen-bond donors (Lipinski definition) is 34. The zero-order valence-corrected chi connectivity index (χ0v) is 70.8. The number of nitrogens with one attached hydrogen (secondary N) is 5. The topological polar surface area (TPSA) is 915 Å². The SMILES string of the molecule is CC(=O)N[C@H]1[C@H](O[C@@H]([C@H](O)[C@H](CO)NC(C)=O)[C@H](O)CO[C@@H]2O[C@@H](C)[C@@H](O)[C@@H](O)[C@@H]2O)O[C@H](CO)[C@@H](O[C@@H]2O[C@H](CO[C@H]3O[C@H](CO)[C@@H](O)[C@H](O)[C@@H]3O[C@@H]3O[C@H](CO)[C@@H](O)[C@H](O)[C@H]3NC(C)=O)[C@@H](O)[C@H](O[C@H]3O[C@H](CO)[C@@H](O)[C@H](O)[C@@H]3O[C@@H]3O[C@H](CO)[C@@H](O[C@@H]4O[C@H](CO)[C@H](O)[C@H](O[C@]5(C(=O)O)C[C@H](O)[C@@H](NC(C)=O)[C@H]([C@H](O)[C@H](O)CO)O5)[C@H]4O)[C@H](O)[C@H]3NC(C)=O)[C@@H]2O)[C@@H]1O. The molecule has 758 valence electrons. The molecule has 0 aliphatic carbocycles. The number of aliphatic carboxylic acids is 1. The van der Waals surface area contributed by atoms with Crippen LogP contribution >= 0.6 is 0 Å². The molecule has 9 fully saturated rings. The first-order valence-corrected chi connectivity index (χ1v) is 41.5. The summed E-state index contributed by atoms with van der Waals surface area (Å²) in [6, 6.07) is -9.60. The molecule has 0 unspecified atom stereocenters. The van der Waals surface area contributed by atoms with Gasteiger partial charge in [0.05, 0.1) is 90.4 Å². The average molecular weight is 1920 g/mol. The number of carbonyl (C=O) groups excluding carboxylic acids is 5. The van der Waals surface area contributed by atoms with Crippen LogP contribution in [0.4, 0.5) is 0 Å². The number of hydrogen-bond acceptors (Lipinski definition) is 52. The summed E-state index contributed by atoms with van der Waals surface area (Å²) in [6.45, 7) is -6.13. The van der Waals surface area contributed by atoms with Gasteiger partial charge in [0.2, 0.25) is 29.5 Å². The molecule has 9 aliphatic rings. The van der Waals surface area contributed by atoms with Gasteiger partial charge in [0.25, 0.3) is 5.79 Å². The summed E-state index contributed by atoms with van der Waals surface area (Å²) < 4.78 is 107. The number of carbonyl (C=O) groups is 6. The van der Waals surface area contributed by atoms with Crippen molar-refractivity contribution in [1.82, 2.24) is 26.6 Å². The molecule has 0 bridgehead atoms. The van der Waals surface area contributed by atoms with Crippen molar-refractivity contribution in [2.45, 2.75) is 354 Å². The smallest absolute Gasteiger partial charge is 0.364 e. The Morgan fingerprint density at radius 1 is 0.366 bits per heavy atom. The lowest BCUT2D eigenvalue weighted by Gasteiger charge is -2.51. The van der Waals surface area contributed by atoms with E-state index in [0.717, 1.165) is 34.6 Å². The summed E-state index contributed by atoms with van der Waals surface area (Å²) in [5.41, 5.74) is 0. The number of carboxylic acids is 1. The highest BCUT2D eigenvalue weighted by Gasteiger charge is 2.64. The van der Waals surface area contributed by atoms with Gasteiger partial charge in [-0.1, -0.05) is 0 Å². The summed E-state index contributed by atoms with van der Waals surface area (Å²) in [6.07, 6.45) is -98.2. The molecule has 58 nitrogen and oxygen atoms in total. The third-order valence-electron chi connectivity index (χ3n) is 23.4. The molecule has 5 amide bonds. The Labute approximate surface area is 742 Å². The molecule has 58 heteroatoms. The highest BCUT2D eigenvalue weighted by atomic mass is 16.8. The van der Waals surface area contributed by atoms with E-state index in [1.54, 1.807) is 0 Å². The zero-order valence-electron chi connectivity index (χ0n) is 70.8. The Morgan fingerprint density at radius 3 is 1.25 bits per heavy atom. The first-order chi connectivity index (χ1) is 61.7. The van der Waals surface area contributed by atoms with Crippen LogP contribution in [0.15, 0.2) is 0 Å². The minimum atomic E-state index is -3.33. The quantitative estimate of drug-likeness (QED) is 0.0272. The predicted octanol–water partition coefficient (Wildman–Crippen LogP) is -22.2. The van der Waals surface area contributed by atoms with E-state index >= 15 is 0 Å². The molecular formula is C73H123N5O53. The molecule has 50 atom stereocenters. The molecule has 34 N–H and O–H groups in total. The zero-order chi connectivity index (χ0) is 97.3. The molecule has 9 saturated heterocycles. The normalized spacial score (nSPS) is 45.0. The summed E-state index contributed by atoms with van der Waals surface area (Å²) >= 11 is 0. The van der Waals surface area contributed by atoms with Crippen molar-refractivity contribution in [3.05, 3.63) is 0 Å². The van der Waals surface area contributed by atoms with Gasteiger partial charge in [-0.25, -0.2) is 4.79 Å². The minimum absolute atomic E-state index is 0.848. The summed E-state index contributed by atoms with van der Waals surface area (Å²) in [5, 5.41) is 337. The fourth-order valence-corrected chi connectivity index (χ4v) is 16.5. The van der Waals surface area contributed by atoms with E-state index in [2.05, 4.69) is 26.6 Å². The molecule has 0 saturated carbocycles. The van der Waals surface area contributed by atoms with Crippen molar-refractivity contribution in [1.29, 1.82) is 0 Å². The van der Waals surface area contributed by atoms with Crippen LogP contribution in [-0.4, -0.2) is 556 Å². The monoisotopic (exact) mass is 1920 g/mol. The van der Waals surface area contributed by atoms with Crippen LogP contribution in [0.25, 0.3) is 0 Å². The Bertz CT molecular complexity index is 3610. The highest BCUT2D eigenvalue weighted by Crippen LogP contribution is 2.42. The predicted molar refractivity (Wildman–Crippen MR) is 406 cm³/mol. The van der Waals surface area contributed by atoms with Crippen molar-refractivity contribution in [3.8, 4) is 0 Å². The Hall–Kier alpha value is -5.02. The molecular weight excluding hydrogens is 1790 g/mol. The van der Waals surface area contributed by atoms with Gasteiger partial charge in [-0.2, -0.15) is 0 Å². The van der Waals surface area contributed by atoms with Crippen LogP contribution in [0, 0.1) is 0 Å². The van der Waals surface area contributed by atoms with Crippen molar-refractivity contribution < 1.29 is 262 Å². The van der Waals surface area contributed by atoms with Crippen molar-refractivity contribution in [2.75, 3.05) is 66.1 Å².